The largest absolute Gasteiger partial charge is 0.472 e. The Bertz CT molecular complexity index is 1740. The zero-order chi connectivity index (χ0) is 55.0. The molecule has 3 unspecified atom stereocenters. The molecule has 0 aliphatic heterocycles. The predicted molar refractivity (Wildman–Crippen MR) is 323 cm³/mol. The maximum absolute atomic E-state index is 13.5. The van der Waals surface area contributed by atoms with Crippen molar-refractivity contribution in [3.63, 3.8) is 0 Å². The van der Waals surface area contributed by atoms with Crippen molar-refractivity contribution in [2.45, 2.75) is 226 Å². The van der Waals surface area contributed by atoms with E-state index < -0.39 is 25.9 Å². The number of ether oxygens (including phenoxy) is 1. The van der Waals surface area contributed by atoms with E-state index in [0.29, 0.717) is 23.9 Å². The van der Waals surface area contributed by atoms with Gasteiger partial charge >= 0.3 is 13.8 Å². The van der Waals surface area contributed by atoms with Crippen LogP contribution in [0, 0.1) is 0 Å². The Morgan fingerprint density at radius 3 is 1.31 bits per heavy atom. The summed E-state index contributed by atoms with van der Waals surface area (Å²) in [5, 5.41) is 3.01. The average Bonchev–Trinajstić information content (AvgIpc) is 3.37. The average molecular weight is 1060 g/mol. The summed E-state index contributed by atoms with van der Waals surface area (Å²) in [4.78, 5) is 37.6. The molecule has 0 aliphatic carbocycles. The van der Waals surface area contributed by atoms with Crippen LogP contribution in [-0.4, -0.2) is 74.3 Å². The van der Waals surface area contributed by atoms with Gasteiger partial charge in [-0.3, -0.25) is 18.6 Å². The minimum absolute atomic E-state index is 0.0170. The molecular weight excluding hydrogens is 952 g/mol. The highest BCUT2D eigenvalue weighted by molar-refractivity contribution is 7.47. The number of amides is 1. The highest BCUT2D eigenvalue weighted by Gasteiger charge is 2.30. The Hall–Kier alpha value is -3.85. The van der Waals surface area contributed by atoms with E-state index in [2.05, 4.69) is 148 Å². The van der Waals surface area contributed by atoms with Gasteiger partial charge in [0, 0.05) is 12.8 Å². The molecule has 1 amide bonds. The third-order valence-electron chi connectivity index (χ3n) is 12.1. The highest BCUT2D eigenvalue weighted by Crippen LogP contribution is 2.43. The number of hydrogen-bond acceptors (Lipinski definition) is 6. The van der Waals surface area contributed by atoms with Gasteiger partial charge in [-0.2, -0.15) is 0 Å². The van der Waals surface area contributed by atoms with Crippen LogP contribution >= 0.6 is 7.82 Å². The lowest BCUT2D eigenvalue weighted by molar-refractivity contribution is -0.870. The number of nitrogens with zero attached hydrogens (tertiary/aromatic N) is 1. The standard InChI is InChI=1S/C65H109N2O7P/c1-7-10-13-16-19-22-25-28-30-32-33-35-36-39-42-45-48-51-54-57-64(68)66-62(61-73-75(70,71)72-60-59-67(4,5)6)63(56-53-50-47-44-41-38-27-24-21-18-15-12-9-3)74-65(69)58-55-52-49-46-43-40-37-34-31-29-26-23-20-17-14-11-8-2/h10-11,13-14,19-20,22-23,28-31,33,35,37,39-40,42,46,49,53,56,62-63H,7-9,12,15-18,21,24-27,32,34,36,38,41,43-45,47-48,50-52,54-55,57-61H2,1-6H3,(H-,66,68,70,71)/p+1/b13-10-,14-11-,22-19-,23-20-,30-28-,31-29-,35-33-,40-37-,42-39-,49-46-,56-53+. The fourth-order valence-corrected chi connectivity index (χ4v) is 8.32. The first-order valence-corrected chi connectivity index (χ1v) is 31.0. The maximum atomic E-state index is 13.5. The second-order valence-corrected chi connectivity index (χ2v) is 21.9. The van der Waals surface area contributed by atoms with Gasteiger partial charge in [0.1, 0.15) is 19.3 Å². The molecule has 0 rings (SSSR count). The fraction of sp³-hybridized carbons (Fsp3) is 0.631. The smallest absolute Gasteiger partial charge is 0.456 e. The van der Waals surface area contributed by atoms with Crippen molar-refractivity contribution >= 4 is 19.7 Å². The summed E-state index contributed by atoms with van der Waals surface area (Å²) in [5.41, 5.74) is 0. The number of carbonyl (C=O) groups is 2. The van der Waals surface area contributed by atoms with Crippen molar-refractivity contribution in [3.05, 3.63) is 134 Å². The van der Waals surface area contributed by atoms with Crippen LogP contribution in [0.3, 0.4) is 0 Å². The number of phosphoric ester groups is 1. The minimum atomic E-state index is -4.48. The first kappa shape index (κ1) is 71.2. The van der Waals surface area contributed by atoms with Crippen LogP contribution in [0.5, 0.6) is 0 Å². The first-order valence-electron chi connectivity index (χ1n) is 29.5. The molecule has 0 fully saturated rings. The molecule has 10 heteroatoms. The number of likely N-dealkylation sites (N-methyl/N-ethyl adjacent to an activating group) is 1. The lowest BCUT2D eigenvalue weighted by Crippen LogP contribution is -2.47. The molecule has 0 saturated heterocycles. The highest BCUT2D eigenvalue weighted by atomic mass is 31.2. The van der Waals surface area contributed by atoms with Crippen molar-refractivity contribution in [2.75, 3.05) is 40.9 Å². The second-order valence-electron chi connectivity index (χ2n) is 20.4. The molecule has 0 aromatic carbocycles. The number of allylic oxidation sites excluding steroid dienone is 21. The van der Waals surface area contributed by atoms with E-state index in [0.717, 1.165) is 109 Å². The molecular formula is C65H110N2O7P+. The number of esters is 1. The van der Waals surface area contributed by atoms with Crippen LogP contribution in [0.4, 0.5) is 0 Å². The van der Waals surface area contributed by atoms with Gasteiger partial charge in [-0.1, -0.05) is 219 Å². The van der Waals surface area contributed by atoms with Crippen LogP contribution in [0.2, 0.25) is 0 Å². The predicted octanol–water partition coefficient (Wildman–Crippen LogP) is 18.1. The SMILES string of the molecule is CC/C=C\C/C=C\C/C=C\C/C=C\C/C=C\CCCCCC(=O)NC(COP(=O)(O)OCC[N+](C)(C)C)C(/C=C/CCCCCCCCCCCCC)OC(=O)CCC/C=C\C/C=C\C/C=C\C/C=C\C/C=C\CC. The Morgan fingerprint density at radius 1 is 0.480 bits per heavy atom. The van der Waals surface area contributed by atoms with E-state index in [4.69, 9.17) is 13.8 Å². The number of carbonyl (C=O) groups excluding carboxylic acids is 2. The number of hydrogen-bond donors (Lipinski definition) is 2. The minimum Gasteiger partial charge on any atom is -0.456 e. The Balaban J connectivity index is 5.51. The number of unbranched alkanes of at least 4 members (excludes halogenated alkanes) is 15. The third kappa shape index (κ3) is 54.7. The number of rotatable bonds is 51. The van der Waals surface area contributed by atoms with E-state index in [1.807, 2.05) is 33.3 Å². The molecule has 0 bridgehead atoms. The fourth-order valence-electron chi connectivity index (χ4n) is 7.59. The van der Waals surface area contributed by atoms with Gasteiger partial charge in [-0.15, -0.1) is 0 Å². The Morgan fingerprint density at radius 2 is 0.867 bits per heavy atom. The van der Waals surface area contributed by atoms with Gasteiger partial charge in [0.25, 0.3) is 0 Å². The third-order valence-corrected chi connectivity index (χ3v) is 13.1. The normalized spacial score (nSPS) is 14.7. The van der Waals surface area contributed by atoms with E-state index in [-0.39, 0.29) is 32.0 Å². The molecule has 0 aliphatic rings. The summed E-state index contributed by atoms with van der Waals surface area (Å²) in [7, 11) is 1.42. The van der Waals surface area contributed by atoms with Gasteiger partial charge in [-0.25, -0.2) is 4.57 Å². The number of phosphoric acid groups is 1. The zero-order valence-electron chi connectivity index (χ0n) is 48.5. The first-order chi connectivity index (χ1) is 36.4. The zero-order valence-corrected chi connectivity index (χ0v) is 49.4. The summed E-state index contributed by atoms with van der Waals surface area (Å²) in [6.07, 6.45) is 76.0. The van der Waals surface area contributed by atoms with Gasteiger partial charge in [0.2, 0.25) is 5.91 Å². The van der Waals surface area contributed by atoms with Gasteiger partial charge < -0.3 is 19.4 Å². The number of quaternary nitrogens is 1. The van der Waals surface area contributed by atoms with Crippen molar-refractivity contribution in [2.24, 2.45) is 0 Å². The van der Waals surface area contributed by atoms with Gasteiger partial charge in [0.05, 0.1) is 33.8 Å². The van der Waals surface area contributed by atoms with Gasteiger partial charge in [-0.05, 0) is 115 Å². The van der Waals surface area contributed by atoms with E-state index in [1.165, 1.54) is 57.8 Å². The van der Waals surface area contributed by atoms with E-state index >= 15 is 0 Å². The van der Waals surface area contributed by atoms with Crippen LogP contribution in [0.25, 0.3) is 0 Å². The van der Waals surface area contributed by atoms with Crippen LogP contribution in [0.15, 0.2) is 134 Å². The summed E-state index contributed by atoms with van der Waals surface area (Å²) < 4.78 is 30.6. The topological polar surface area (TPSA) is 111 Å². The monoisotopic (exact) mass is 1060 g/mol. The van der Waals surface area contributed by atoms with Crippen molar-refractivity contribution in [1.29, 1.82) is 0 Å². The Labute approximate surface area is 460 Å². The number of nitrogens with one attached hydrogen (secondary N) is 1. The summed E-state index contributed by atoms with van der Waals surface area (Å²) in [6, 6.07) is -0.898. The molecule has 3 atom stereocenters. The van der Waals surface area contributed by atoms with Crippen molar-refractivity contribution in [3.8, 4) is 0 Å². The molecule has 0 spiro atoms. The molecule has 0 heterocycles. The van der Waals surface area contributed by atoms with Crippen molar-refractivity contribution < 1.29 is 37.3 Å². The summed E-state index contributed by atoms with van der Waals surface area (Å²) >= 11 is 0. The molecule has 0 saturated carbocycles. The Kier molecular flexibility index (Phi) is 50.8. The molecule has 2 N–H and O–H groups in total. The molecule has 0 aromatic heterocycles. The lowest BCUT2D eigenvalue weighted by atomic mass is 10.0. The van der Waals surface area contributed by atoms with Crippen LogP contribution in [-0.2, 0) is 27.9 Å². The quantitative estimate of drug-likeness (QED) is 0.0205. The van der Waals surface area contributed by atoms with Gasteiger partial charge in [0.15, 0.2) is 0 Å². The van der Waals surface area contributed by atoms with E-state index in [1.54, 1.807) is 0 Å². The van der Waals surface area contributed by atoms with Crippen molar-refractivity contribution in [1.82, 2.24) is 5.32 Å². The molecule has 0 aromatic rings. The lowest BCUT2D eigenvalue weighted by Gasteiger charge is -2.27. The maximum Gasteiger partial charge on any atom is 0.472 e. The summed E-state index contributed by atoms with van der Waals surface area (Å²) in [6.45, 7) is 6.69. The van der Waals surface area contributed by atoms with E-state index in [9.17, 15) is 19.0 Å². The molecule has 0 radical (unpaired) electrons. The summed E-state index contributed by atoms with van der Waals surface area (Å²) in [5.74, 6) is -0.622. The molecule has 75 heavy (non-hydrogen) atoms. The molecule has 9 nitrogen and oxygen atoms in total. The van der Waals surface area contributed by atoms with Crippen LogP contribution in [0.1, 0.15) is 213 Å². The second kappa shape index (κ2) is 53.5. The molecule has 426 valence electrons. The van der Waals surface area contributed by atoms with Crippen LogP contribution < -0.4 is 5.32 Å².